The van der Waals surface area contributed by atoms with E-state index in [0.29, 0.717) is 6.04 Å². The molecule has 0 aromatic carbocycles. The highest BCUT2D eigenvalue weighted by Gasteiger charge is 2.19. The van der Waals surface area contributed by atoms with E-state index in [0.717, 1.165) is 18.1 Å². The molecule has 1 unspecified atom stereocenters. The molecule has 5 heteroatoms. The van der Waals surface area contributed by atoms with Crippen LogP contribution in [0.3, 0.4) is 0 Å². The van der Waals surface area contributed by atoms with Crippen molar-refractivity contribution in [2.24, 2.45) is 0 Å². The predicted molar refractivity (Wildman–Crippen MR) is 82.8 cm³/mol. The molecule has 1 N–H and O–H groups in total. The zero-order valence-electron chi connectivity index (χ0n) is 11.1. The molecule has 2 aromatic heterocycles. The fourth-order valence-corrected chi connectivity index (χ4v) is 4.31. The second-order valence-electron chi connectivity index (χ2n) is 4.97. The smallest absolute Gasteiger partial charge is 0.133 e. The molecule has 0 aliphatic carbocycles. The molecule has 102 valence electrons. The van der Waals surface area contributed by atoms with Crippen LogP contribution in [0.15, 0.2) is 23.7 Å². The minimum absolute atomic E-state index is 0.651. The van der Waals surface area contributed by atoms with E-state index < -0.39 is 0 Å². The zero-order chi connectivity index (χ0) is 13.1. The molecule has 3 heterocycles. The third-order valence-corrected chi connectivity index (χ3v) is 5.60. The zero-order valence-corrected chi connectivity index (χ0v) is 12.8. The number of nitrogens with one attached hydrogen (secondary N) is 1. The van der Waals surface area contributed by atoms with Crippen molar-refractivity contribution in [1.29, 1.82) is 0 Å². The van der Waals surface area contributed by atoms with Crippen molar-refractivity contribution in [2.75, 3.05) is 20.1 Å². The van der Waals surface area contributed by atoms with Crippen LogP contribution < -0.4 is 5.32 Å². The van der Waals surface area contributed by atoms with Crippen molar-refractivity contribution >= 4 is 22.7 Å². The summed E-state index contributed by atoms with van der Waals surface area (Å²) in [5.74, 6) is 0. The number of thiazole rings is 1. The summed E-state index contributed by atoms with van der Waals surface area (Å²) in [4.78, 5) is 9.74. The maximum atomic E-state index is 4.55. The van der Waals surface area contributed by atoms with Gasteiger partial charge < -0.3 is 5.32 Å². The molecule has 0 bridgehead atoms. The minimum Gasteiger partial charge on any atom is -0.316 e. The molecule has 19 heavy (non-hydrogen) atoms. The number of aromatic nitrogens is 1. The van der Waals surface area contributed by atoms with E-state index in [-0.39, 0.29) is 0 Å². The topological polar surface area (TPSA) is 28.2 Å². The van der Waals surface area contributed by atoms with E-state index in [1.807, 2.05) is 17.5 Å². The van der Waals surface area contributed by atoms with Crippen molar-refractivity contribution in [1.82, 2.24) is 15.2 Å². The van der Waals surface area contributed by atoms with Crippen LogP contribution in [-0.2, 0) is 6.54 Å². The molecule has 1 aliphatic heterocycles. The summed E-state index contributed by atoms with van der Waals surface area (Å²) in [5.41, 5.74) is 0. The highest BCUT2D eigenvalue weighted by molar-refractivity contribution is 7.20. The Kier molecular flexibility index (Phi) is 4.28. The van der Waals surface area contributed by atoms with Gasteiger partial charge in [-0.1, -0.05) is 6.07 Å². The SMILES string of the molecule is CNC1CCCN(Cc2cnc(-c3cccs3)s2)C1. The quantitative estimate of drug-likeness (QED) is 0.939. The molecule has 0 saturated carbocycles. The molecule has 2 aromatic rings. The third-order valence-electron chi connectivity index (χ3n) is 3.58. The molecule has 0 amide bonds. The van der Waals surface area contributed by atoms with Gasteiger partial charge in [-0.2, -0.15) is 0 Å². The summed E-state index contributed by atoms with van der Waals surface area (Å²) in [6, 6.07) is 4.88. The second kappa shape index (κ2) is 6.13. The number of piperidine rings is 1. The lowest BCUT2D eigenvalue weighted by molar-refractivity contribution is 0.189. The number of hydrogen-bond donors (Lipinski definition) is 1. The molecule has 1 aliphatic rings. The second-order valence-corrected chi connectivity index (χ2v) is 7.03. The Morgan fingerprint density at radius 1 is 1.53 bits per heavy atom. The van der Waals surface area contributed by atoms with Gasteiger partial charge in [0.15, 0.2) is 0 Å². The van der Waals surface area contributed by atoms with Crippen molar-refractivity contribution in [3.63, 3.8) is 0 Å². The number of likely N-dealkylation sites (tertiary alicyclic amines) is 1. The average Bonchev–Trinajstić information content (AvgIpc) is 3.09. The van der Waals surface area contributed by atoms with Crippen LogP contribution in [0.4, 0.5) is 0 Å². The van der Waals surface area contributed by atoms with Gasteiger partial charge in [-0.3, -0.25) is 4.90 Å². The minimum atomic E-state index is 0.651. The lowest BCUT2D eigenvalue weighted by Crippen LogP contribution is -2.43. The van der Waals surface area contributed by atoms with E-state index in [4.69, 9.17) is 0 Å². The third kappa shape index (κ3) is 3.23. The number of thiophene rings is 1. The van der Waals surface area contributed by atoms with E-state index in [1.54, 1.807) is 11.3 Å². The van der Waals surface area contributed by atoms with Crippen LogP contribution in [0.25, 0.3) is 9.88 Å². The highest BCUT2D eigenvalue weighted by Crippen LogP contribution is 2.29. The van der Waals surface area contributed by atoms with Crippen LogP contribution >= 0.6 is 22.7 Å². The first kappa shape index (κ1) is 13.2. The normalized spacial score (nSPS) is 20.8. The standard InChI is InChI=1S/C14H19N3S2/c1-15-11-4-2-6-17(9-11)10-12-8-16-14(19-12)13-5-3-7-18-13/h3,5,7-8,11,15H,2,4,6,9-10H2,1H3. The summed E-state index contributed by atoms with van der Waals surface area (Å²) in [7, 11) is 2.07. The first-order chi connectivity index (χ1) is 9.35. The number of hydrogen-bond acceptors (Lipinski definition) is 5. The van der Waals surface area contributed by atoms with E-state index >= 15 is 0 Å². The van der Waals surface area contributed by atoms with Gasteiger partial charge in [0.05, 0.1) is 4.88 Å². The number of nitrogens with zero attached hydrogens (tertiary/aromatic N) is 2. The summed E-state index contributed by atoms with van der Waals surface area (Å²) >= 11 is 3.59. The van der Waals surface area contributed by atoms with Gasteiger partial charge in [0.2, 0.25) is 0 Å². The maximum absolute atomic E-state index is 4.55. The Hall–Kier alpha value is -0.750. The summed E-state index contributed by atoms with van der Waals surface area (Å²) in [6.07, 6.45) is 4.64. The van der Waals surface area contributed by atoms with E-state index in [1.165, 1.54) is 29.1 Å². The lowest BCUT2D eigenvalue weighted by atomic mass is 10.1. The monoisotopic (exact) mass is 293 g/mol. The van der Waals surface area contributed by atoms with E-state index in [2.05, 4.69) is 39.8 Å². The van der Waals surface area contributed by atoms with Gasteiger partial charge in [-0.15, -0.1) is 22.7 Å². The van der Waals surface area contributed by atoms with Gasteiger partial charge in [0.25, 0.3) is 0 Å². The van der Waals surface area contributed by atoms with Gasteiger partial charge in [-0.05, 0) is 37.9 Å². The Morgan fingerprint density at radius 3 is 3.26 bits per heavy atom. The van der Waals surface area contributed by atoms with Gasteiger partial charge in [0, 0.05) is 30.2 Å². The molecule has 3 rings (SSSR count). The Balaban J connectivity index is 1.64. The molecule has 1 saturated heterocycles. The number of rotatable bonds is 4. The van der Waals surface area contributed by atoms with E-state index in [9.17, 15) is 0 Å². The summed E-state index contributed by atoms with van der Waals surface area (Å²) in [5, 5.41) is 6.66. The van der Waals surface area contributed by atoms with Crippen LogP contribution in [0.5, 0.6) is 0 Å². The summed E-state index contributed by atoms with van der Waals surface area (Å²) < 4.78 is 0. The molecule has 1 fully saturated rings. The molecular formula is C14H19N3S2. The van der Waals surface area contributed by atoms with Crippen molar-refractivity contribution in [3.05, 3.63) is 28.6 Å². The maximum Gasteiger partial charge on any atom is 0.133 e. The first-order valence-electron chi connectivity index (χ1n) is 6.73. The van der Waals surface area contributed by atoms with Crippen molar-refractivity contribution < 1.29 is 0 Å². The van der Waals surface area contributed by atoms with Crippen LogP contribution in [-0.4, -0.2) is 36.1 Å². The molecule has 1 atom stereocenters. The molecule has 0 spiro atoms. The fourth-order valence-electron chi connectivity index (χ4n) is 2.55. The predicted octanol–water partition coefficient (Wildman–Crippen LogP) is 3.06. The fraction of sp³-hybridized carbons (Fsp3) is 0.500. The highest BCUT2D eigenvalue weighted by atomic mass is 32.1. The van der Waals surface area contributed by atoms with Crippen molar-refractivity contribution in [3.8, 4) is 9.88 Å². The van der Waals surface area contributed by atoms with Crippen molar-refractivity contribution in [2.45, 2.75) is 25.4 Å². The lowest BCUT2D eigenvalue weighted by Gasteiger charge is -2.32. The van der Waals surface area contributed by atoms with Gasteiger partial charge >= 0.3 is 0 Å². The average molecular weight is 293 g/mol. The summed E-state index contributed by atoms with van der Waals surface area (Å²) in [6.45, 7) is 3.41. The number of likely N-dealkylation sites (N-methyl/N-ethyl adjacent to an activating group) is 1. The van der Waals surface area contributed by atoms with Gasteiger partial charge in [-0.25, -0.2) is 4.98 Å². The molecule has 3 nitrogen and oxygen atoms in total. The van der Waals surface area contributed by atoms with Crippen LogP contribution in [0.1, 0.15) is 17.7 Å². The molecular weight excluding hydrogens is 274 g/mol. The Bertz CT molecular complexity index is 507. The molecule has 0 radical (unpaired) electrons. The van der Waals surface area contributed by atoms with Crippen LogP contribution in [0, 0.1) is 0 Å². The van der Waals surface area contributed by atoms with Crippen LogP contribution in [0.2, 0.25) is 0 Å². The Morgan fingerprint density at radius 2 is 2.47 bits per heavy atom. The van der Waals surface area contributed by atoms with Gasteiger partial charge in [0.1, 0.15) is 5.01 Å². The largest absolute Gasteiger partial charge is 0.316 e. The Labute approximate surface area is 122 Å². The first-order valence-corrected chi connectivity index (χ1v) is 8.43.